The van der Waals surface area contributed by atoms with Crippen LogP contribution in [-0.2, 0) is 6.42 Å². The van der Waals surface area contributed by atoms with Crippen molar-refractivity contribution in [3.63, 3.8) is 0 Å². The summed E-state index contributed by atoms with van der Waals surface area (Å²) in [4.78, 5) is 9.38. The number of nitrogens with zero attached hydrogens (tertiary/aromatic N) is 2. The molecule has 29 heavy (non-hydrogen) atoms. The molecule has 0 aliphatic carbocycles. The van der Waals surface area contributed by atoms with E-state index < -0.39 is 11.6 Å². The molecule has 0 radical (unpaired) electrons. The van der Waals surface area contributed by atoms with Crippen LogP contribution in [-0.4, -0.2) is 24.5 Å². The van der Waals surface area contributed by atoms with Crippen molar-refractivity contribution in [2.75, 3.05) is 13.1 Å². The number of hydrogen-bond donors (Lipinski definition) is 0. The molecule has 0 fully saturated rings. The Hall–Kier alpha value is -2.62. The second-order valence-corrected chi connectivity index (χ2v) is 6.86. The molecule has 4 heteroatoms. The van der Waals surface area contributed by atoms with Gasteiger partial charge in [-0.05, 0) is 37.5 Å². The zero-order chi connectivity index (χ0) is 21.2. The summed E-state index contributed by atoms with van der Waals surface area (Å²) in [5, 5.41) is 0. The van der Waals surface area contributed by atoms with Gasteiger partial charge in [0.05, 0.1) is 11.4 Å². The highest BCUT2D eigenvalue weighted by Gasteiger charge is 2.18. The summed E-state index contributed by atoms with van der Waals surface area (Å²) >= 11 is 0. The van der Waals surface area contributed by atoms with Gasteiger partial charge in [0.1, 0.15) is 11.6 Å². The summed E-state index contributed by atoms with van der Waals surface area (Å²) in [6.07, 6.45) is 5.22. The van der Waals surface area contributed by atoms with Crippen molar-refractivity contribution in [2.45, 2.75) is 46.5 Å². The van der Waals surface area contributed by atoms with Gasteiger partial charge in [0.2, 0.25) is 0 Å². The lowest BCUT2D eigenvalue weighted by molar-refractivity contribution is 0.558. The number of rotatable bonds is 10. The second-order valence-electron chi connectivity index (χ2n) is 6.86. The van der Waals surface area contributed by atoms with Crippen molar-refractivity contribution < 1.29 is 8.78 Å². The monoisotopic (exact) mass is 396 g/mol. The molecule has 2 aromatic rings. The van der Waals surface area contributed by atoms with Crippen LogP contribution in [0.25, 0.3) is 6.08 Å². The molecule has 0 N–H and O–H groups in total. The minimum atomic E-state index is -0.543. The van der Waals surface area contributed by atoms with Crippen LogP contribution in [0, 0.1) is 11.6 Å². The van der Waals surface area contributed by atoms with Crippen molar-refractivity contribution in [3.05, 3.63) is 76.9 Å². The van der Waals surface area contributed by atoms with Gasteiger partial charge in [-0.25, -0.2) is 8.78 Å². The van der Waals surface area contributed by atoms with E-state index >= 15 is 0 Å². The molecule has 2 rings (SSSR count). The highest BCUT2D eigenvalue weighted by Crippen LogP contribution is 2.19. The van der Waals surface area contributed by atoms with Crippen LogP contribution in [0.4, 0.5) is 8.78 Å². The Bertz CT molecular complexity index is 857. The average Bonchev–Trinajstić information content (AvgIpc) is 2.72. The van der Waals surface area contributed by atoms with Crippen LogP contribution in [0.15, 0.2) is 53.0 Å². The zero-order valence-corrected chi connectivity index (χ0v) is 17.6. The van der Waals surface area contributed by atoms with Gasteiger partial charge in [0, 0.05) is 29.8 Å². The van der Waals surface area contributed by atoms with E-state index in [4.69, 9.17) is 4.99 Å². The second kappa shape index (κ2) is 11.4. The van der Waals surface area contributed by atoms with Gasteiger partial charge in [-0.1, -0.05) is 63.6 Å². The van der Waals surface area contributed by atoms with Gasteiger partial charge in [-0.2, -0.15) is 0 Å². The van der Waals surface area contributed by atoms with Gasteiger partial charge in [-0.3, -0.25) is 9.98 Å². The fraction of sp³-hybridized carbons (Fsp3) is 0.360. The normalized spacial score (nSPS) is 12.3. The molecule has 0 saturated heterocycles. The third kappa shape index (κ3) is 5.93. The van der Waals surface area contributed by atoms with Crippen molar-refractivity contribution in [3.8, 4) is 0 Å². The third-order valence-electron chi connectivity index (χ3n) is 4.76. The summed E-state index contributed by atoms with van der Waals surface area (Å²) in [7, 11) is 0. The molecule has 2 aromatic carbocycles. The van der Waals surface area contributed by atoms with Crippen molar-refractivity contribution in [1.29, 1.82) is 0 Å². The number of aliphatic imine (C=N–C) groups is 2. The van der Waals surface area contributed by atoms with E-state index in [9.17, 15) is 8.78 Å². The summed E-state index contributed by atoms with van der Waals surface area (Å²) in [6.45, 7) is 10.7. The molecule has 0 unspecified atom stereocenters. The van der Waals surface area contributed by atoms with E-state index in [1.807, 2.05) is 31.2 Å². The predicted octanol–water partition coefficient (Wildman–Crippen LogP) is 6.66. The Balaban J connectivity index is 2.57. The van der Waals surface area contributed by atoms with E-state index in [1.165, 1.54) is 12.1 Å². The molecule has 0 amide bonds. The highest BCUT2D eigenvalue weighted by atomic mass is 19.1. The lowest BCUT2D eigenvalue weighted by Crippen LogP contribution is -2.19. The summed E-state index contributed by atoms with van der Waals surface area (Å²) in [6, 6.07) is 10.6. The van der Waals surface area contributed by atoms with Crippen LogP contribution >= 0.6 is 0 Å². The Morgan fingerprint density at radius 1 is 0.897 bits per heavy atom. The zero-order valence-electron chi connectivity index (χ0n) is 17.6. The van der Waals surface area contributed by atoms with Gasteiger partial charge >= 0.3 is 0 Å². The first-order valence-corrected chi connectivity index (χ1v) is 10.4. The first-order chi connectivity index (χ1) is 14.0. The molecule has 2 nitrogen and oxygen atoms in total. The first-order valence-electron chi connectivity index (χ1n) is 10.4. The fourth-order valence-electron chi connectivity index (χ4n) is 3.17. The van der Waals surface area contributed by atoms with Gasteiger partial charge in [0.25, 0.3) is 0 Å². The maximum atomic E-state index is 14.5. The van der Waals surface area contributed by atoms with Crippen LogP contribution in [0.1, 0.15) is 62.3 Å². The molecule has 0 atom stereocenters. The maximum Gasteiger partial charge on any atom is 0.129 e. The molecule has 0 aliphatic rings. The van der Waals surface area contributed by atoms with Crippen molar-refractivity contribution in [2.24, 2.45) is 9.98 Å². The Morgan fingerprint density at radius 3 is 2.03 bits per heavy atom. The third-order valence-corrected chi connectivity index (χ3v) is 4.76. The first kappa shape index (κ1) is 22.7. The largest absolute Gasteiger partial charge is 0.283 e. The summed E-state index contributed by atoms with van der Waals surface area (Å²) in [5.74, 6) is -1.09. The lowest BCUT2D eigenvalue weighted by atomic mass is 9.96. The SMILES string of the molecule is C=Cc1ccc(C(=NCCCCC)C(=NCC)c2cc(F)c(CC)c(F)c2)cc1. The molecule has 0 bridgehead atoms. The van der Waals surface area contributed by atoms with Crippen LogP contribution in [0.3, 0.4) is 0 Å². The smallest absolute Gasteiger partial charge is 0.129 e. The Morgan fingerprint density at radius 2 is 1.52 bits per heavy atom. The lowest BCUT2D eigenvalue weighted by Gasteiger charge is -2.14. The van der Waals surface area contributed by atoms with E-state index in [0.29, 0.717) is 36.5 Å². The molecular formula is C25H30F2N2. The van der Waals surface area contributed by atoms with Gasteiger partial charge in [0.15, 0.2) is 0 Å². The van der Waals surface area contributed by atoms with E-state index in [-0.39, 0.29) is 5.56 Å². The summed E-state index contributed by atoms with van der Waals surface area (Å²) in [5.41, 5.74) is 3.58. The van der Waals surface area contributed by atoms with E-state index in [0.717, 1.165) is 30.4 Å². The van der Waals surface area contributed by atoms with Crippen molar-refractivity contribution in [1.82, 2.24) is 0 Å². The standard InChI is InChI=1S/C25H30F2N2/c1-5-9-10-15-29-24(19-13-11-18(6-2)12-14-19)25(28-8-4)20-16-22(26)21(7-3)23(27)17-20/h6,11-14,16-17H,2,5,7-10,15H2,1,3-4H3. The minimum Gasteiger partial charge on any atom is -0.283 e. The minimum absolute atomic E-state index is 0.0985. The summed E-state index contributed by atoms with van der Waals surface area (Å²) < 4.78 is 29.0. The van der Waals surface area contributed by atoms with E-state index in [2.05, 4.69) is 18.5 Å². The molecule has 154 valence electrons. The number of halogens is 2. The van der Waals surface area contributed by atoms with Crippen LogP contribution in [0.5, 0.6) is 0 Å². The average molecular weight is 397 g/mol. The Kier molecular flexibility index (Phi) is 8.91. The van der Waals surface area contributed by atoms with Gasteiger partial charge < -0.3 is 0 Å². The molecule has 0 aliphatic heterocycles. The molecule has 0 aromatic heterocycles. The Labute approximate surface area is 173 Å². The van der Waals surface area contributed by atoms with Crippen LogP contribution in [0.2, 0.25) is 0 Å². The van der Waals surface area contributed by atoms with Crippen LogP contribution < -0.4 is 0 Å². The quantitative estimate of drug-likeness (QED) is 0.317. The maximum absolute atomic E-state index is 14.5. The topological polar surface area (TPSA) is 24.7 Å². The fourth-order valence-corrected chi connectivity index (χ4v) is 3.17. The van der Waals surface area contributed by atoms with Crippen molar-refractivity contribution >= 4 is 17.5 Å². The molecule has 0 heterocycles. The number of unbranched alkanes of at least 4 members (excludes halogenated alkanes) is 2. The molecule has 0 spiro atoms. The highest BCUT2D eigenvalue weighted by molar-refractivity contribution is 6.53. The van der Waals surface area contributed by atoms with E-state index in [1.54, 1.807) is 13.0 Å². The number of benzene rings is 2. The number of hydrogen-bond acceptors (Lipinski definition) is 2. The van der Waals surface area contributed by atoms with Gasteiger partial charge in [-0.15, -0.1) is 0 Å². The molecule has 0 saturated carbocycles. The molecular weight excluding hydrogens is 366 g/mol. The predicted molar refractivity (Wildman–Crippen MR) is 120 cm³/mol.